The second-order valence-electron chi connectivity index (χ2n) is 4.32. The average Bonchev–Trinajstić information content (AvgIpc) is 2.46. The van der Waals surface area contributed by atoms with E-state index in [-0.39, 0.29) is 0 Å². The molecule has 0 aliphatic heterocycles. The molecule has 0 aromatic heterocycles. The molecule has 0 aliphatic carbocycles. The van der Waals surface area contributed by atoms with Crippen LogP contribution >= 0.6 is 11.6 Å². The van der Waals surface area contributed by atoms with Crippen molar-refractivity contribution in [1.29, 1.82) is 0 Å². The molecule has 0 saturated carbocycles. The Morgan fingerprint density at radius 2 is 2.00 bits per heavy atom. The largest absolute Gasteiger partial charge is 0.492 e. The predicted octanol–water partition coefficient (Wildman–Crippen LogP) is 2.88. The van der Waals surface area contributed by atoms with Gasteiger partial charge in [-0.15, -0.1) is 0 Å². The smallest absolute Gasteiger partial charge is 0.142 e. The summed E-state index contributed by atoms with van der Waals surface area (Å²) in [4.78, 5) is 0. The Labute approximate surface area is 126 Å². The number of ether oxygens (including phenoxy) is 3. The molecule has 0 radical (unpaired) electrons. The summed E-state index contributed by atoms with van der Waals surface area (Å²) >= 11 is 6.19. The van der Waals surface area contributed by atoms with Gasteiger partial charge in [-0.25, -0.2) is 0 Å². The topological polar surface area (TPSA) is 39.7 Å². The van der Waals surface area contributed by atoms with Gasteiger partial charge in [0.1, 0.15) is 5.75 Å². The van der Waals surface area contributed by atoms with E-state index in [2.05, 4.69) is 12.2 Å². The van der Waals surface area contributed by atoms with Crippen LogP contribution in [0.15, 0.2) is 18.2 Å². The van der Waals surface area contributed by atoms with Crippen molar-refractivity contribution in [2.75, 3.05) is 40.1 Å². The van der Waals surface area contributed by atoms with Crippen molar-refractivity contribution in [3.63, 3.8) is 0 Å². The van der Waals surface area contributed by atoms with Crippen molar-refractivity contribution >= 4 is 11.6 Å². The Morgan fingerprint density at radius 1 is 1.15 bits per heavy atom. The molecule has 1 N–H and O–H groups in total. The third kappa shape index (κ3) is 6.57. The lowest BCUT2D eigenvalue weighted by Crippen LogP contribution is -2.13. The zero-order valence-electron chi connectivity index (χ0n) is 12.3. The van der Waals surface area contributed by atoms with Crippen molar-refractivity contribution in [2.24, 2.45) is 0 Å². The van der Waals surface area contributed by atoms with E-state index in [4.69, 9.17) is 25.8 Å². The van der Waals surface area contributed by atoms with Crippen LogP contribution in [-0.4, -0.2) is 40.1 Å². The number of nitrogens with one attached hydrogen (secondary N) is 1. The van der Waals surface area contributed by atoms with E-state index in [1.807, 2.05) is 18.2 Å². The summed E-state index contributed by atoms with van der Waals surface area (Å²) in [6.07, 6.45) is 0.829. The van der Waals surface area contributed by atoms with Crippen LogP contribution in [0.25, 0.3) is 0 Å². The molecule has 20 heavy (non-hydrogen) atoms. The Hall–Kier alpha value is -0.810. The van der Waals surface area contributed by atoms with E-state index in [9.17, 15) is 0 Å². The van der Waals surface area contributed by atoms with Gasteiger partial charge in [-0.3, -0.25) is 0 Å². The molecule has 114 valence electrons. The van der Waals surface area contributed by atoms with Crippen molar-refractivity contribution < 1.29 is 14.2 Å². The van der Waals surface area contributed by atoms with Crippen molar-refractivity contribution in [3.8, 4) is 5.75 Å². The molecule has 0 aliphatic rings. The molecule has 0 unspecified atom stereocenters. The lowest BCUT2D eigenvalue weighted by atomic mass is 10.2. The lowest BCUT2D eigenvalue weighted by Gasteiger charge is -2.13. The number of benzene rings is 1. The molecule has 0 amide bonds. The van der Waals surface area contributed by atoms with Gasteiger partial charge in [0, 0.05) is 32.2 Å². The highest BCUT2D eigenvalue weighted by Gasteiger charge is 2.07. The first kappa shape index (κ1) is 17.2. The maximum Gasteiger partial charge on any atom is 0.142 e. The van der Waals surface area contributed by atoms with Crippen LogP contribution in [0.1, 0.15) is 18.9 Å². The van der Waals surface area contributed by atoms with Gasteiger partial charge >= 0.3 is 0 Å². The summed E-state index contributed by atoms with van der Waals surface area (Å²) in [5.74, 6) is 0.770. The van der Waals surface area contributed by atoms with E-state index in [1.165, 1.54) is 0 Å². The molecule has 0 fully saturated rings. The standard InChI is InChI=1S/C15H24ClNO3/c1-3-17-12-13-6-4-7-14(16)15(13)20-9-5-8-19-11-10-18-2/h4,6-7,17H,3,5,8-12H2,1-2H3. The van der Waals surface area contributed by atoms with Gasteiger partial charge in [0.2, 0.25) is 0 Å². The first-order chi connectivity index (χ1) is 9.79. The molecule has 5 heteroatoms. The first-order valence-electron chi connectivity index (χ1n) is 6.97. The fourth-order valence-electron chi connectivity index (χ4n) is 1.69. The molecule has 0 bridgehead atoms. The van der Waals surface area contributed by atoms with Gasteiger partial charge in [0.15, 0.2) is 0 Å². The van der Waals surface area contributed by atoms with Gasteiger partial charge < -0.3 is 19.5 Å². The summed E-state index contributed by atoms with van der Waals surface area (Å²) in [5, 5.41) is 3.93. The highest BCUT2D eigenvalue weighted by Crippen LogP contribution is 2.28. The number of halogens is 1. The summed E-state index contributed by atoms with van der Waals surface area (Å²) in [6, 6.07) is 5.82. The molecule has 4 nitrogen and oxygen atoms in total. The van der Waals surface area contributed by atoms with Crippen molar-refractivity contribution in [2.45, 2.75) is 19.9 Å². The van der Waals surface area contributed by atoms with E-state index in [0.29, 0.717) is 31.5 Å². The van der Waals surface area contributed by atoms with Gasteiger partial charge in [0.05, 0.1) is 24.8 Å². The van der Waals surface area contributed by atoms with Crippen LogP contribution in [-0.2, 0) is 16.0 Å². The highest BCUT2D eigenvalue weighted by molar-refractivity contribution is 6.32. The van der Waals surface area contributed by atoms with E-state index in [0.717, 1.165) is 30.8 Å². The van der Waals surface area contributed by atoms with Gasteiger partial charge in [-0.05, 0) is 12.6 Å². The summed E-state index contributed by atoms with van der Waals surface area (Å²) in [7, 11) is 1.66. The molecule has 0 atom stereocenters. The SMILES string of the molecule is CCNCc1cccc(Cl)c1OCCCOCCOC. The molecule has 0 saturated heterocycles. The zero-order valence-corrected chi connectivity index (χ0v) is 13.0. The van der Waals surface area contributed by atoms with E-state index >= 15 is 0 Å². The maximum atomic E-state index is 6.19. The van der Waals surface area contributed by atoms with Gasteiger partial charge in [-0.2, -0.15) is 0 Å². The van der Waals surface area contributed by atoms with Gasteiger partial charge in [-0.1, -0.05) is 30.7 Å². The fraction of sp³-hybridized carbons (Fsp3) is 0.600. The van der Waals surface area contributed by atoms with Gasteiger partial charge in [0.25, 0.3) is 0 Å². The molecule has 0 spiro atoms. The Morgan fingerprint density at radius 3 is 2.75 bits per heavy atom. The van der Waals surface area contributed by atoms with Crippen molar-refractivity contribution in [3.05, 3.63) is 28.8 Å². The normalized spacial score (nSPS) is 10.8. The fourth-order valence-corrected chi connectivity index (χ4v) is 1.94. The quantitative estimate of drug-likeness (QED) is 0.638. The summed E-state index contributed by atoms with van der Waals surface area (Å²) in [5.41, 5.74) is 1.08. The maximum absolute atomic E-state index is 6.19. The van der Waals surface area contributed by atoms with Crippen LogP contribution in [0, 0.1) is 0 Å². The minimum absolute atomic E-state index is 0.593. The molecular weight excluding hydrogens is 278 g/mol. The Bertz CT molecular complexity index is 374. The second kappa shape index (κ2) is 10.9. The van der Waals surface area contributed by atoms with Crippen LogP contribution in [0.4, 0.5) is 0 Å². The molecule has 1 aromatic carbocycles. The third-order valence-electron chi connectivity index (χ3n) is 2.73. The number of para-hydroxylation sites is 1. The monoisotopic (exact) mass is 301 g/mol. The Balaban J connectivity index is 2.34. The van der Waals surface area contributed by atoms with Crippen molar-refractivity contribution in [1.82, 2.24) is 5.32 Å². The predicted molar refractivity (Wildman–Crippen MR) is 81.6 cm³/mol. The highest BCUT2D eigenvalue weighted by atomic mass is 35.5. The average molecular weight is 302 g/mol. The molecule has 1 rings (SSSR count). The minimum Gasteiger partial charge on any atom is -0.492 e. The van der Waals surface area contributed by atoms with Crippen LogP contribution in [0.5, 0.6) is 5.75 Å². The lowest BCUT2D eigenvalue weighted by molar-refractivity contribution is 0.0644. The number of rotatable bonds is 11. The number of hydrogen-bond acceptors (Lipinski definition) is 4. The summed E-state index contributed by atoms with van der Waals surface area (Å²) in [6.45, 7) is 6.25. The molecule has 0 heterocycles. The number of methoxy groups -OCH3 is 1. The van der Waals surface area contributed by atoms with Crippen LogP contribution < -0.4 is 10.1 Å². The first-order valence-corrected chi connectivity index (χ1v) is 7.35. The van der Waals surface area contributed by atoms with Crippen LogP contribution in [0.3, 0.4) is 0 Å². The Kier molecular flexibility index (Phi) is 9.41. The minimum atomic E-state index is 0.593. The zero-order chi connectivity index (χ0) is 14.6. The van der Waals surface area contributed by atoms with E-state index < -0.39 is 0 Å². The summed E-state index contributed by atoms with van der Waals surface area (Å²) < 4.78 is 16.1. The number of hydrogen-bond donors (Lipinski definition) is 1. The van der Waals surface area contributed by atoms with E-state index in [1.54, 1.807) is 7.11 Å². The molecular formula is C15H24ClNO3. The second-order valence-corrected chi connectivity index (χ2v) is 4.72. The third-order valence-corrected chi connectivity index (χ3v) is 3.02. The molecule has 1 aromatic rings. The van der Waals surface area contributed by atoms with Crippen LogP contribution in [0.2, 0.25) is 5.02 Å².